The molecule has 0 radical (unpaired) electrons. The summed E-state index contributed by atoms with van der Waals surface area (Å²) in [7, 11) is 0. The van der Waals surface area contributed by atoms with Crippen molar-refractivity contribution < 1.29 is 4.79 Å². The number of nitrogens with zero attached hydrogens (tertiary/aromatic N) is 3. The van der Waals surface area contributed by atoms with E-state index in [2.05, 4.69) is 6.92 Å². The molecule has 0 aliphatic heterocycles. The third-order valence-electron chi connectivity index (χ3n) is 7.29. The van der Waals surface area contributed by atoms with Gasteiger partial charge in [0.15, 0.2) is 0 Å². The first-order chi connectivity index (χ1) is 18.8. The lowest BCUT2D eigenvalue weighted by molar-refractivity contribution is 0.0655. The van der Waals surface area contributed by atoms with Gasteiger partial charge < -0.3 is 4.90 Å². The number of fused-ring (bicyclic) bond motifs is 1. The summed E-state index contributed by atoms with van der Waals surface area (Å²) in [5.74, 6) is 0.340. The summed E-state index contributed by atoms with van der Waals surface area (Å²) in [4.78, 5) is 35.0. The van der Waals surface area contributed by atoms with Gasteiger partial charge in [-0.15, -0.1) is 0 Å². The van der Waals surface area contributed by atoms with Gasteiger partial charge in [0.25, 0.3) is 11.5 Å². The summed E-state index contributed by atoms with van der Waals surface area (Å²) in [5, 5.41) is 1.31. The monoisotopic (exact) mass is 563 g/mol. The van der Waals surface area contributed by atoms with Crippen LogP contribution in [0.1, 0.15) is 79.3 Å². The molecule has 4 aromatic rings. The topological polar surface area (TPSA) is 55.2 Å². The predicted octanol–water partition coefficient (Wildman–Crippen LogP) is 8.48. The van der Waals surface area contributed by atoms with E-state index in [-0.39, 0.29) is 11.5 Å². The van der Waals surface area contributed by atoms with E-state index in [9.17, 15) is 9.59 Å². The SMILES string of the molecule is CCCCCCN(C(=O)c1ccc(Cl)cc1Cl)C(CC)c1nc2ccccc2c(=O)n1-c1ccc(C)c(C)c1. The van der Waals surface area contributed by atoms with Gasteiger partial charge in [-0.1, -0.05) is 74.5 Å². The van der Waals surface area contributed by atoms with E-state index in [1.165, 1.54) is 0 Å². The molecule has 4 rings (SSSR count). The fourth-order valence-corrected chi connectivity index (χ4v) is 5.44. The summed E-state index contributed by atoms with van der Waals surface area (Å²) in [6, 6.07) is 17.8. The molecule has 1 atom stereocenters. The summed E-state index contributed by atoms with van der Waals surface area (Å²) < 4.78 is 1.68. The van der Waals surface area contributed by atoms with Gasteiger partial charge >= 0.3 is 0 Å². The molecular weight excluding hydrogens is 529 g/mol. The molecule has 5 nitrogen and oxygen atoms in total. The number of carbonyl (C=O) groups excluding carboxylic acids is 1. The van der Waals surface area contributed by atoms with Crippen molar-refractivity contribution in [3.8, 4) is 5.69 Å². The van der Waals surface area contributed by atoms with E-state index in [0.29, 0.717) is 45.3 Å². The smallest absolute Gasteiger partial charge is 0.266 e. The molecule has 1 unspecified atom stereocenters. The molecule has 39 heavy (non-hydrogen) atoms. The van der Waals surface area contributed by atoms with E-state index in [1.54, 1.807) is 28.8 Å². The second-order valence-electron chi connectivity index (χ2n) is 10.0. The number of para-hydroxylation sites is 1. The Labute approximate surface area is 240 Å². The Balaban J connectivity index is 1.93. The zero-order valence-electron chi connectivity index (χ0n) is 23.0. The molecule has 1 heterocycles. The number of aryl methyl sites for hydroxylation is 2. The van der Waals surface area contributed by atoms with Crippen molar-refractivity contribution in [3.63, 3.8) is 0 Å². The standard InChI is InChI=1S/C32H35Cl2N3O2/c1-5-7-8-11-18-36(31(38)25-17-15-23(33)20-27(25)34)29(6-2)30-35-28-13-10-9-12-26(28)32(39)37(30)24-16-14-21(3)22(4)19-24/h9-10,12-17,19-20,29H,5-8,11,18H2,1-4H3. The Bertz CT molecular complexity index is 1550. The third-order valence-corrected chi connectivity index (χ3v) is 7.83. The van der Waals surface area contributed by atoms with Crippen LogP contribution in [0.25, 0.3) is 16.6 Å². The third kappa shape index (κ3) is 6.21. The molecule has 0 aliphatic carbocycles. The highest BCUT2D eigenvalue weighted by atomic mass is 35.5. The van der Waals surface area contributed by atoms with Gasteiger partial charge in [-0.3, -0.25) is 14.2 Å². The number of hydrogen-bond donors (Lipinski definition) is 0. The van der Waals surface area contributed by atoms with Crippen LogP contribution in [0, 0.1) is 13.8 Å². The molecule has 3 aromatic carbocycles. The van der Waals surface area contributed by atoms with Gasteiger partial charge in [-0.05, 0) is 80.3 Å². The molecule has 7 heteroatoms. The maximum Gasteiger partial charge on any atom is 0.266 e. The Kier molecular flexibility index (Phi) is 9.47. The van der Waals surface area contributed by atoms with Crippen LogP contribution in [-0.4, -0.2) is 26.9 Å². The zero-order chi connectivity index (χ0) is 28.1. The Morgan fingerprint density at radius 3 is 2.41 bits per heavy atom. The minimum Gasteiger partial charge on any atom is -0.328 e. The van der Waals surface area contributed by atoms with Crippen molar-refractivity contribution in [1.82, 2.24) is 14.5 Å². The van der Waals surface area contributed by atoms with Crippen molar-refractivity contribution >= 4 is 40.0 Å². The summed E-state index contributed by atoms with van der Waals surface area (Å²) in [6.45, 7) is 8.77. The lowest BCUT2D eigenvalue weighted by atomic mass is 10.1. The second-order valence-corrected chi connectivity index (χ2v) is 10.8. The van der Waals surface area contributed by atoms with E-state index < -0.39 is 6.04 Å². The van der Waals surface area contributed by atoms with Crippen LogP contribution in [-0.2, 0) is 0 Å². The molecule has 0 aliphatic rings. The number of amides is 1. The Hall–Kier alpha value is -3.15. The van der Waals surface area contributed by atoms with Crippen LogP contribution in [0.2, 0.25) is 10.0 Å². The van der Waals surface area contributed by atoms with Crippen LogP contribution >= 0.6 is 23.2 Å². The maximum absolute atomic E-state index is 14.1. The second kappa shape index (κ2) is 12.8. The Morgan fingerprint density at radius 2 is 1.72 bits per heavy atom. The van der Waals surface area contributed by atoms with Gasteiger partial charge in [0.05, 0.1) is 33.2 Å². The number of carbonyl (C=O) groups is 1. The normalized spacial score (nSPS) is 12.1. The number of hydrogen-bond acceptors (Lipinski definition) is 3. The van der Waals surface area contributed by atoms with Crippen molar-refractivity contribution in [2.45, 2.75) is 65.8 Å². The van der Waals surface area contributed by atoms with Crippen molar-refractivity contribution in [3.05, 3.63) is 104 Å². The molecule has 0 bridgehead atoms. The highest BCUT2D eigenvalue weighted by Gasteiger charge is 2.30. The molecule has 0 fully saturated rings. The number of unbranched alkanes of at least 4 members (excludes halogenated alkanes) is 3. The highest BCUT2D eigenvalue weighted by Crippen LogP contribution is 2.31. The van der Waals surface area contributed by atoms with Crippen LogP contribution in [0.3, 0.4) is 0 Å². The summed E-state index contributed by atoms with van der Waals surface area (Å²) in [5.41, 5.74) is 3.79. The first-order valence-corrected chi connectivity index (χ1v) is 14.4. The number of rotatable bonds is 10. The van der Waals surface area contributed by atoms with E-state index >= 15 is 0 Å². The molecule has 1 aromatic heterocycles. The number of benzene rings is 3. The molecule has 204 valence electrons. The first kappa shape index (κ1) is 28.8. The van der Waals surface area contributed by atoms with Crippen molar-refractivity contribution in [2.75, 3.05) is 6.54 Å². The van der Waals surface area contributed by atoms with E-state index in [4.69, 9.17) is 28.2 Å². The van der Waals surface area contributed by atoms with Gasteiger partial charge in [0, 0.05) is 11.6 Å². The van der Waals surface area contributed by atoms with Crippen LogP contribution < -0.4 is 5.56 Å². The molecule has 0 spiro atoms. The molecule has 0 N–H and O–H groups in total. The maximum atomic E-state index is 14.1. The van der Waals surface area contributed by atoms with Crippen LogP contribution in [0.15, 0.2) is 65.5 Å². The minimum atomic E-state index is -0.454. The molecule has 0 saturated carbocycles. The van der Waals surface area contributed by atoms with E-state index in [0.717, 1.165) is 42.5 Å². The predicted molar refractivity (Wildman–Crippen MR) is 161 cm³/mol. The first-order valence-electron chi connectivity index (χ1n) is 13.6. The zero-order valence-corrected chi connectivity index (χ0v) is 24.5. The molecular formula is C32H35Cl2N3O2. The van der Waals surface area contributed by atoms with Gasteiger partial charge in [-0.2, -0.15) is 0 Å². The van der Waals surface area contributed by atoms with Gasteiger partial charge in [0.1, 0.15) is 5.82 Å². The average molecular weight is 565 g/mol. The quantitative estimate of drug-likeness (QED) is 0.182. The van der Waals surface area contributed by atoms with Gasteiger partial charge in [0.2, 0.25) is 0 Å². The molecule has 1 amide bonds. The number of halogens is 2. The van der Waals surface area contributed by atoms with E-state index in [1.807, 2.05) is 62.1 Å². The minimum absolute atomic E-state index is 0.153. The van der Waals surface area contributed by atoms with Crippen molar-refractivity contribution in [1.29, 1.82) is 0 Å². The fourth-order valence-electron chi connectivity index (χ4n) is 4.96. The van der Waals surface area contributed by atoms with Crippen molar-refractivity contribution in [2.24, 2.45) is 0 Å². The number of aromatic nitrogens is 2. The lowest BCUT2D eigenvalue weighted by Gasteiger charge is -2.33. The molecule has 0 saturated heterocycles. The largest absolute Gasteiger partial charge is 0.328 e. The summed E-state index contributed by atoms with van der Waals surface area (Å²) >= 11 is 12.6. The summed E-state index contributed by atoms with van der Waals surface area (Å²) in [6.07, 6.45) is 4.58. The van der Waals surface area contributed by atoms with Crippen LogP contribution in [0.4, 0.5) is 0 Å². The van der Waals surface area contributed by atoms with Gasteiger partial charge in [-0.25, -0.2) is 4.98 Å². The lowest BCUT2D eigenvalue weighted by Crippen LogP contribution is -2.39. The average Bonchev–Trinajstić information content (AvgIpc) is 2.92. The fraction of sp³-hybridized carbons (Fsp3) is 0.344. The highest BCUT2D eigenvalue weighted by molar-refractivity contribution is 6.36. The van der Waals surface area contributed by atoms with Crippen LogP contribution in [0.5, 0.6) is 0 Å². The Morgan fingerprint density at radius 1 is 0.949 bits per heavy atom.